The lowest BCUT2D eigenvalue weighted by molar-refractivity contribution is 0.211. The van der Waals surface area contributed by atoms with E-state index in [1.54, 1.807) is 0 Å². The minimum Gasteiger partial charge on any atom is -0.436 e. The summed E-state index contributed by atoms with van der Waals surface area (Å²) in [4.78, 5) is 4.56. The lowest BCUT2D eigenvalue weighted by Crippen LogP contribution is -2.20. The lowest BCUT2D eigenvalue weighted by atomic mass is 10.1. The number of oxazole rings is 1. The van der Waals surface area contributed by atoms with Crippen LogP contribution in [0.5, 0.6) is 0 Å². The second kappa shape index (κ2) is 6.38. The van der Waals surface area contributed by atoms with Crippen LogP contribution in [0.2, 0.25) is 0 Å². The van der Waals surface area contributed by atoms with Gasteiger partial charge < -0.3 is 14.8 Å². The van der Waals surface area contributed by atoms with Crippen molar-refractivity contribution < 1.29 is 9.52 Å². The summed E-state index contributed by atoms with van der Waals surface area (Å²) in [5, 5.41) is 12.6. The van der Waals surface area contributed by atoms with Gasteiger partial charge in [0.1, 0.15) is 5.52 Å². The monoisotopic (exact) mass is 316 g/mol. The number of aryl methyl sites for hydroxylation is 1. The fourth-order valence-corrected chi connectivity index (χ4v) is 2.36. The molecule has 5 heteroatoms. The first-order valence-electron chi connectivity index (χ1n) is 7.12. The average Bonchev–Trinajstić information content (AvgIpc) is 2.95. The van der Waals surface area contributed by atoms with Gasteiger partial charge in [-0.15, -0.1) is 11.6 Å². The molecule has 0 amide bonds. The Kier molecular flexibility index (Phi) is 4.32. The van der Waals surface area contributed by atoms with Gasteiger partial charge in [0, 0.05) is 17.8 Å². The van der Waals surface area contributed by atoms with E-state index in [0.717, 1.165) is 27.9 Å². The Hall–Kier alpha value is -2.04. The maximum absolute atomic E-state index is 9.49. The SMILES string of the molecule is Cc1ccccc1-c1nc2cc(NCC(O)CCl)ccc2o1. The van der Waals surface area contributed by atoms with Gasteiger partial charge in [-0.2, -0.15) is 0 Å². The molecule has 0 saturated carbocycles. The van der Waals surface area contributed by atoms with Crippen LogP contribution in [-0.2, 0) is 0 Å². The maximum atomic E-state index is 9.49. The van der Waals surface area contributed by atoms with Gasteiger partial charge in [-0.25, -0.2) is 4.98 Å². The minimum atomic E-state index is -0.572. The van der Waals surface area contributed by atoms with Gasteiger partial charge in [0.05, 0.1) is 12.0 Å². The Morgan fingerprint density at radius 3 is 2.86 bits per heavy atom. The maximum Gasteiger partial charge on any atom is 0.227 e. The Labute approximate surface area is 133 Å². The molecule has 0 saturated heterocycles. The van der Waals surface area contributed by atoms with Crippen LogP contribution in [-0.4, -0.2) is 28.6 Å². The van der Waals surface area contributed by atoms with Crippen molar-refractivity contribution in [1.29, 1.82) is 0 Å². The highest BCUT2D eigenvalue weighted by atomic mass is 35.5. The zero-order chi connectivity index (χ0) is 15.5. The molecule has 22 heavy (non-hydrogen) atoms. The van der Waals surface area contributed by atoms with E-state index in [0.29, 0.717) is 12.4 Å². The number of alkyl halides is 1. The van der Waals surface area contributed by atoms with E-state index in [4.69, 9.17) is 16.0 Å². The van der Waals surface area contributed by atoms with E-state index in [9.17, 15) is 5.11 Å². The number of anilines is 1. The fourth-order valence-electron chi connectivity index (χ4n) is 2.26. The molecule has 0 aliphatic rings. The standard InChI is InChI=1S/C17H17ClN2O2/c1-11-4-2-3-5-14(11)17-20-15-8-12(6-7-16(15)22-17)19-10-13(21)9-18/h2-8,13,19,21H,9-10H2,1H3. The van der Waals surface area contributed by atoms with E-state index in [1.807, 2.05) is 49.4 Å². The van der Waals surface area contributed by atoms with Crippen molar-refractivity contribution in [2.45, 2.75) is 13.0 Å². The number of hydrogen-bond acceptors (Lipinski definition) is 4. The number of nitrogens with zero attached hydrogens (tertiary/aromatic N) is 1. The number of rotatable bonds is 5. The van der Waals surface area contributed by atoms with Crippen LogP contribution in [0.3, 0.4) is 0 Å². The van der Waals surface area contributed by atoms with Crippen LogP contribution in [0.1, 0.15) is 5.56 Å². The van der Waals surface area contributed by atoms with Crippen molar-refractivity contribution in [3.05, 3.63) is 48.0 Å². The molecule has 1 aromatic heterocycles. The molecule has 3 rings (SSSR count). The number of aliphatic hydroxyl groups is 1. The Balaban J connectivity index is 1.89. The van der Waals surface area contributed by atoms with Crippen molar-refractivity contribution in [2.75, 3.05) is 17.7 Å². The molecule has 4 nitrogen and oxygen atoms in total. The summed E-state index contributed by atoms with van der Waals surface area (Å²) < 4.78 is 5.83. The molecule has 1 atom stereocenters. The molecule has 114 valence electrons. The van der Waals surface area contributed by atoms with Gasteiger partial charge in [0.15, 0.2) is 5.58 Å². The Bertz CT molecular complexity index is 785. The lowest BCUT2D eigenvalue weighted by Gasteiger charge is -2.09. The van der Waals surface area contributed by atoms with Gasteiger partial charge in [0.2, 0.25) is 5.89 Å². The zero-order valence-corrected chi connectivity index (χ0v) is 13.0. The number of benzene rings is 2. The van der Waals surface area contributed by atoms with E-state index in [1.165, 1.54) is 0 Å². The van der Waals surface area contributed by atoms with E-state index >= 15 is 0 Å². The first-order chi connectivity index (χ1) is 10.7. The molecule has 0 fully saturated rings. The zero-order valence-electron chi connectivity index (χ0n) is 12.2. The van der Waals surface area contributed by atoms with E-state index in [2.05, 4.69) is 10.3 Å². The molecular weight excluding hydrogens is 300 g/mol. The molecular formula is C17H17ClN2O2. The fraction of sp³-hybridized carbons (Fsp3) is 0.235. The van der Waals surface area contributed by atoms with Crippen LogP contribution >= 0.6 is 11.6 Å². The number of halogens is 1. The van der Waals surface area contributed by atoms with Crippen molar-refractivity contribution >= 4 is 28.4 Å². The first kappa shape index (κ1) is 14.9. The summed E-state index contributed by atoms with van der Waals surface area (Å²) in [6.07, 6.45) is -0.572. The highest BCUT2D eigenvalue weighted by Crippen LogP contribution is 2.28. The molecule has 2 N–H and O–H groups in total. The van der Waals surface area contributed by atoms with Gasteiger partial charge >= 0.3 is 0 Å². The highest BCUT2D eigenvalue weighted by molar-refractivity contribution is 6.18. The van der Waals surface area contributed by atoms with Crippen molar-refractivity contribution in [1.82, 2.24) is 4.98 Å². The molecule has 2 aromatic carbocycles. The second-order valence-corrected chi connectivity index (χ2v) is 5.51. The summed E-state index contributed by atoms with van der Waals surface area (Å²) in [5.41, 5.74) is 4.51. The predicted molar refractivity (Wildman–Crippen MR) is 89.4 cm³/mol. The molecule has 0 aliphatic heterocycles. The van der Waals surface area contributed by atoms with Gasteiger partial charge in [0.25, 0.3) is 0 Å². The third kappa shape index (κ3) is 3.08. The average molecular weight is 317 g/mol. The van der Waals surface area contributed by atoms with Crippen LogP contribution in [0, 0.1) is 6.92 Å². The summed E-state index contributed by atoms with van der Waals surface area (Å²) in [7, 11) is 0. The van der Waals surface area contributed by atoms with Crippen LogP contribution in [0.4, 0.5) is 5.69 Å². The van der Waals surface area contributed by atoms with E-state index < -0.39 is 6.10 Å². The highest BCUT2D eigenvalue weighted by Gasteiger charge is 2.11. The van der Waals surface area contributed by atoms with Crippen LogP contribution in [0.15, 0.2) is 46.9 Å². The molecule has 1 heterocycles. The smallest absolute Gasteiger partial charge is 0.227 e. The third-order valence-corrected chi connectivity index (χ3v) is 3.84. The second-order valence-electron chi connectivity index (χ2n) is 5.21. The third-order valence-electron chi connectivity index (χ3n) is 3.48. The minimum absolute atomic E-state index is 0.205. The molecule has 1 unspecified atom stereocenters. The number of aromatic nitrogens is 1. The quantitative estimate of drug-likeness (QED) is 0.703. The summed E-state index contributed by atoms with van der Waals surface area (Å²) >= 11 is 5.58. The summed E-state index contributed by atoms with van der Waals surface area (Å²) in [6, 6.07) is 13.7. The predicted octanol–water partition coefficient (Wildman–Crippen LogP) is 3.81. The number of fused-ring (bicyclic) bond motifs is 1. The normalized spacial score (nSPS) is 12.5. The van der Waals surface area contributed by atoms with Gasteiger partial charge in [-0.1, -0.05) is 18.2 Å². The topological polar surface area (TPSA) is 58.3 Å². The Morgan fingerprint density at radius 1 is 1.27 bits per heavy atom. The molecule has 0 radical (unpaired) electrons. The molecule has 0 aliphatic carbocycles. The number of nitrogens with one attached hydrogen (secondary N) is 1. The van der Waals surface area contributed by atoms with Crippen molar-refractivity contribution in [2.24, 2.45) is 0 Å². The van der Waals surface area contributed by atoms with Crippen LogP contribution < -0.4 is 5.32 Å². The van der Waals surface area contributed by atoms with Crippen molar-refractivity contribution in [3.8, 4) is 11.5 Å². The number of hydrogen-bond donors (Lipinski definition) is 2. The first-order valence-corrected chi connectivity index (χ1v) is 7.65. The van der Waals surface area contributed by atoms with Crippen LogP contribution in [0.25, 0.3) is 22.6 Å². The van der Waals surface area contributed by atoms with E-state index in [-0.39, 0.29) is 5.88 Å². The van der Waals surface area contributed by atoms with Gasteiger partial charge in [-0.05, 0) is 36.8 Å². The molecule has 0 spiro atoms. The van der Waals surface area contributed by atoms with Crippen molar-refractivity contribution in [3.63, 3.8) is 0 Å². The molecule has 3 aromatic rings. The Morgan fingerprint density at radius 2 is 2.09 bits per heavy atom. The molecule has 0 bridgehead atoms. The number of aliphatic hydroxyl groups excluding tert-OH is 1. The van der Waals surface area contributed by atoms with Gasteiger partial charge in [-0.3, -0.25) is 0 Å². The summed E-state index contributed by atoms with van der Waals surface area (Å²) in [5.74, 6) is 0.822. The summed E-state index contributed by atoms with van der Waals surface area (Å²) in [6.45, 7) is 2.43. The largest absolute Gasteiger partial charge is 0.436 e.